The predicted molar refractivity (Wildman–Crippen MR) is 115 cm³/mol. The van der Waals surface area contributed by atoms with Crippen molar-refractivity contribution in [2.75, 3.05) is 31.5 Å². The Bertz CT molecular complexity index is 242. The molecule has 0 aromatic carbocycles. The lowest BCUT2D eigenvalue weighted by atomic mass is 10.0. The third-order valence-corrected chi connectivity index (χ3v) is 6.24. The molecule has 0 N–H and O–H groups in total. The SMILES string of the molecule is CCCCCCCCCCCCCCCC[N+](CC)(CC)CCBr.[Br-]. The average molecular weight is 485 g/mol. The van der Waals surface area contributed by atoms with E-state index in [1.54, 1.807) is 0 Å². The van der Waals surface area contributed by atoms with Gasteiger partial charge in [-0.15, -0.1) is 0 Å². The van der Waals surface area contributed by atoms with Crippen LogP contribution in [0.3, 0.4) is 0 Å². The van der Waals surface area contributed by atoms with E-state index in [1.165, 1.54) is 121 Å². The van der Waals surface area contributed by atoms with Crippen LogP contribution in [0.15, 0.2) is 0 Å². The fraction of sp³-hybridized carbons (Fsp3) is 1.00. The van der Waals surface area contributed by atoms with E-state index in [2.05, 4.69) is 36.7 Å². The fourth-order valence-electron chi connectivity index (χ4n) is 3.79. The van der Waals surface area contributed by atoms with Gasteiger partial charge < -0.3 is 21.5 Å². The number of halogens is 2. The molecule has 0 aromatic heterocycles. The van der Waals surface area contributed by atoms with Crippen molar-refractivity contribution >= 4 is 15.9 Å². The number of hydrogen-bond acceptors (Lipinski definition) is 0. The van der Waals surface area contributed by atoms with Crippen LogP contribution in [0.5, 0.6) is 0 Å². The Morgan fingerprint density at radius 3 is 1.20 bits per heavy atom. The third kappa shape index (κ3) is 16.8. The van der Waals surface area contributed by atoms with Crippen LogP contribution >= 0.6 is 15.9 Å². The first kappa shape index (κ1) is 28.1. The zero-order valence-corrected chi connectivity index (χ0v) is 20.8. The third-order valence-electron chi connectivity index (χ3n) is 5.89. The maximum absolute atomic E-state index is 3.64. The van der Waals surface area contributed by atoms with Crippen LogP contribution in [0.1, 0.15) is 111 Å². The molecule has 0 aliphatic carbocycles. The number of hydrogen-bond donors (Lipinski definition) is 0. The molecule has 0 aliphatic heterocycles. The van der Waals surface area contributed by atoms with Crippen molar-refractivity contribution < 1.29 is 21.5 Å². The van der Waals surface area contributed by atoms with Gasteiger partial charge in [-0.25, -0.2) is 0 Å². The molecule has 0 fully saturated rings. The second-order valence-electron chi connectivity index (χ2n) is 7.71. The van der Waals surface area contributed by atoms with E-state index < -0.39 is 0 Å². The molecule has 1 nitrogen and oxygen atoms in total. The van der Waals surface area contributed by atoms with Crippen LogP contribution in [0.4, 0.5) is 0 Å². The number of quaternary nitrogens is 1. The van der Waals surface area contributed by atoms with Gasteiger partial charge in [-0.1, -0.05) is 99.9 Å². The molecule has 0 aliphatic rings. The van der Waals surface area contributed by atoms with Crippen LogP contribution in [-0.4, -0.2) is 36.0 Å². The zero-order valence-electron chi connectivity index (χ0n) is 17.6. The van der Waals surface area contributed by atoms with Crippen molar-refractivity contribution in [1.82, 2.24) is 0 Å². The monoisotopic (exact) mass is 483 g/mol. The first-order chi connectivity index (χ1) is 11.7. The van der Waals surface area contributed by atoms with E-state index in [4.69, 9.17) is 0 Å². The van der Waals surface area contributed by atoms with Crippen LogP contribution < -0.4 is 17.0 Å². The number of rotatable bonds is 19. The number of nitrogens with zero attached hydrogens (tertiary/aromatic N) is 1. The van der Waals surface area contributed by atoms with Gasteiger partial charge in [-0.2, -0.15) is 0 Å². The summed E-state index contributed by atoms with van der Waals surface area (Å²) in [6.07, 6.45) is 20.4. The van der Waals surface area contributed by atoms with Crippen molar-refractivity contribution in [3.63, 3.8) is 0 Å². The highest BCUT2D eigenvalue weighted by Gasteiger charge is 2.21. The quantitative estimate of drug-likeness (QED) is 0.141. The Balaban J connectivity index is 0. The molecule has 0 rings (SSSR count). The summed E-state index contributed by atoms with van der Waals surface area (Å²) >= 11 is 3.64. The minimum Gasteiger partial charge on any atom is -1.00 e. The largest absolute Gasteiger partial charge is 1.00 e. The van der Waals surface area contributed by atoms with Gasteiger partial charge in [-0.05, 0) is 26.7 Å². The molecule has 0 radical (unpaired) electrons. The second kappa shape index (κ2) is 21.2. The molecule has 3 heteroatoms. The van der Waals surface area contributed by atoms with Crippen molar-refractivity contribution in [3.8, 4) is 0 Å². The fourth-order valence-corrected chi connectivity index (χ4v) is 4.54. The molecule has 0 heterocycles. The molecular formula is C22H47Br2N. The van der Waals surface area contributed by atoms with E-state index in [1.807, 2.05) is 0 Å². The normalized spacial score (nSPS) is 11.5. The van der Waals surface area contributed by atoms with Crippen LogP contribution in [-0.2, 0) is 0 Å². The van der Waals surface area contributed by atoms with E-state index in [-0.39, 0.29) is 17.0 Å². The van der Waals surface area contributed by atoms with Crippen LogP contribution in [0.25, 0.3) is 0 Å². The van der Waals surface area contributed by atoms with Gasteiger partial charge in [0.1, 0.15) is 0 Å². The van der Waals surface area contributed by atoms with Crippen LogP contribution in [0.2, 0.25) is 0 Å². The Labute approximate surface area is 179 Å². The van der Waals surface area contributed by atoms with Gasteiger partial charge in [0.15, 0.2) is 0 Å². The minimum atomic E-state index is 0. The topological polar surface area (TPSA) is 0 Å². The zero-order chi connectivity index (χ0) is 17.9. The summed E-state index contributed by atoms with van der Waals surface area (Å²) in [5.41, 5.74) is 0. The first-order valence-electron chi connectivity index (χ1n) is 11.2. The Hall–Kier alpha value is 0.920. The predicted octanol–water partition coefficient (Wildman–Crippen LogP) is 4.72. The second-order valence-corrected chi connectivity index (χ2v) is 8.50. The summed E-state index contributed by atoms with van der Waals surface area (Å²) in [5, 5.41) is 1.15. The maximum Gasteiger partial charge on any atom is 0.0884 e. The summed E-state index contributed by atoms with van der Waals surface area (Å²) in [4.78, 5) is 0. The molecule has 0 aromatic rings. The number of alkyl halides is 1. The lowest BCUT2D eigenvalue weighted by Gasteiger charge is -2.36. The number of unbranched alkanes of at least 4 members (excludes halogenated alkanes) is 13. The molecule has 25 heavy (non-hydrogen) atoms. The summed E-state index contributed by atoms with van der Waals surface area (Å²) < 4.78 is 1.31. The molecular weight excluding hydrogens is 438 g/mol. The summed E-state index contributed by atoms with van der Waals surface area (Å²) in [6.45, 7) is 12.3. The van der Waals surface area contributed by atoms with Crippen molar-refractivity contribution in [3.05, 3.63) is 0 Å². The Kier molecular flexibility index (Phi) is 23.9. The van der Waals surface area contributed by atoms with Crippen molar-refractivity contribution in [2.45, 2.75) is 111 Å². The highest BCUT2D eigenvalue weighted by molar-refractivity contribution is 9.09. The Morgan fingerprint density at radius 1 is 0.520 bits per heavy atom. The maximum atomic E-state index is 3.64. The van der Waals surface area contributed by atoms with Gasteiger partial charge in [0.2, 0.25) is 0 Å². The minimum absolute atomic E-state index is 0. The molecule has 0 atom stereocenters. The highest BCUT2D eigenvalue weighted by Crippen LogP contribution is 2.15. The van der Waals surface area contributed by atoms with Crippen LogP contribution in [0, 0.1) is 0 Å². The summed E-state index contributed by atoms with van der Waals surface area (Å²) in [5.74, 6) is 0. The van der Waals surface area contributed by atoms with E-state index in [0.717, 1.165) is 5.33 Å². The van der Waals surface area contributed by atoms with E-state index in [9.17, 15) is 0 Å². The first-order valence-corrected chi connectivity index (χ1v) is 12.3. The van der Waals surface area contributed by atoms with Crippen molar-refractivity contribution in [2.24, 2.45) is 0 Å². The molecule has 154 valence electrons. The average Bonchev–Trinajstić information content (AvgIpc) is 2.61. The lowest BCUT2D eigenvalue weighted by Crippen LogP contribution is -3.00. The van der Waals surface area contributed by atoms with E-state index >= 15 is 0 Å². The summed E-state index contributed by atoms with van der Waals surface area (Å²) in [7, 11) is 0. The van der Waals surface area contributed by atoms with E-state index in [0.29, 0.717) is 0 Å². The van der Waals surface area contributed by atoms with Gasteiger partial charge in [0.25, 0.3) is 0 Å². The van der Waals surface area contributed by atoms with Gasteiger partial charge in [-0.3, -0.25) is 0 Å². The van der Waals surface area contributed by atoms with Crippen molar-refractivity contribution in [1.29, 1.82) is 0 Å². The molecule has 0 bridgehead atoms. The molecule has 0 saturated heterocycles. The van der Waals surface area contributed by atoms with Gasteiger partial charge in [0.05, 0.1) is 31.5 Å². The molecule has 0 amide bonds. The molecule has 0 unspecified atom stereocenters. The molecule has 0 saturated carbocycles. The standard InChI is InChI=1S/C22H47BrN.BrH/c1-4-7-8-9-10-11-12-13-14-15-16-17-18-19-21-24(5-2,6-3)22-20-23;/h4-22H2,1-3H3;1H/q+1;/p-1. The highest BCUT2D eigenvalue weighted by atomic mass is 79.9. The smallest absolute Gasteiger partial charge is 0.0884 e. The lowest BCUT2D eigenvalue weighted by molar-refractivity contribution is -0.922. The molecule has 0 spiro atoms. The summed E-state index contributed by atoms with van der Waals surface area (Å²) in [6, 6.07) is 0. The van der Waals surface area contributed by atoms with Gasteiger partial charge >= 0.3 is 0 Å². The van der Waals surface area contributed by atoms with Gasteiger partial charge in [0, 0.05) is 0 Å². The Morgan fingerprint density at radius 2 is 0.880 bits per heavy atom.